The van der Waals surface area contributed by atoms with Crippen LogP contribution in [-0.2, 0) is 4.79 Å². The van der Waals surface area contributed by atoms with Gasteiger partial charge < -0.3 is 0 Å². The van der Waals surface area contributed by atoms with Crippen LogP contribution >= 0.6 is 46.2 Å². The molecular weight excluding hydrogens is 256 g/mol. The number of thioether (sulfide) groups is 2. The lowest BCUT2D eigenvalue weighted by Gasteiger charge is -2.08. The molecule has 0 unspecified atom stereocenters. The molecule has 2 heterocycles. The van der Waals surface area contributed by atoms with E-state index in [0.717, 1.165) is 8.42 Å². The monoisotopic (exact) mass is 264 g/mol. The van der Waals surface area contributed by atoms with Crippen molar-refractivity contribution in [3.8, 4) is 0 Å². The van der Waals surface area contributed by atoms with E-state index in [9.17, 15) is 9.59 Å². The predicted molar refractivity (Wildman–Crippen MR) is 64.1 cm³/mol. The first-order chi connectivity index (χ1) is 6.58. The molecule has 1 aromatic heterocycles. The molecule has 1 aliphatic heterocycles. The Kier molecular flexibility index (Phi) is 3.06. The van der Waals surface area contributed by atoms with Crippen LogP contribution in [0.15, 0.2) is 13.2 Å². The van der Waals surface area contributed by atoms with Crippen LogP contribution in [0.5, 0.6) is 0 Å². The van der Waals surface area contributed by atoms with Crippen molar-refractivity contribution in [3.63, 3.8) is 0 Å². The van der Waals surface area contributed by atoms with Gasteiger partial charge in [0.05, 0.1) is 18.9 Å². The number of carbonyl (C=O) groups is 1. The molecule has 0 radical (unpaired) electrons. The minimum atomic E-state index is -0.0241. The quantitative estimate of drug-likeness (QED) is 0.721. The van der Waals surface area contributed by atoms with Crippen molar-refractivity contribution < 1.29 is 4.79 Å². The molecular formula is C8H8O2S4. The van der Waals surface area contributed by atoms with Gasteiger partial charge in [-0.3, -0.25) is 9.59 Å². The number of rotatable bonds is 0. The van der Waals surface area contributed by atoms with E-state index < -0.39 is 0 Å². The molecule has 0 saturated heterocycles. The second kappa shape index (κ2) is 4.00. The van der Waals surface area contributed by atoms with Crippen LogP contribution < -0.4 is 4.06 Å². The lowest BCUT2D eigenvalue weighted by atomic mass is 10.2. The highest BCUT2D eigenvalue weighted by atomic mass is 32.2. The molecule has 2 atom stereocenters. The zero-order chi connectivity index (χ0) is 10.3. The fraction of sp³-hybridized carbons (Fsp3) is 0.500. The third-order valence-corrected chi connectivity index (χ3v) is 7.10. The minimum absolute atomic E-state index is 0.0241. The Balaban J connectivity index is 2.42. The van der Waals surface area contributed by atoms with E-state index in [1.807, 2.05) is 13.8 Å². The average Bonchev–Trinajstić information content (AvgIpc) is 2.40. The molecule has 1 aromatic rings. The summed E-state index contributed by atoms with van der Waals surface area (Å²) in [5.41, 5.74) is 0. The molecule has 0 aromatic carbocycles. The Morgan fingerprint density at radius 3 is 1.79 bits per heavy atom. The van der Waals surface area contributed by atoms with Gasteiger partial charge in [-0.15, -0.1) is 23.5 Å². The highest BCUT2D eigenvalue weighted by Gasteiger charge is 2.29. The van der Waals surface area contributed by atoms with Crippen molar-refractivity contribution in [2.45, 2.75) is 32.8 Å². The van der Waals surface area contributed by atoms with Crippen molar-refractivity contribution in [1.29, 1.82) is 0 Å². The van der Waals surface area contributed by atoms with Gasteiger partial charge >= 0.3 is 0 Å². The van der Waals surface area contributed by atoms with Crippen molar-refractivity contribution in [3.05, 3.63) is 8.85 Å². The summed E-state index contributed by atoms with van der Waals surface area (Å²) < 4.78 is 2.18. The van der Waals surface area contributed by atoms with Crippen molar-refractivity contribution in [2.24, 2.45) is 0 Å². The number of carbonyl (C=O) groups excluding carboxylic acids is 1. The Morgan fingerprint density at radius 1 is 0.929 bits per heavy atom. The molecule has 0 bridgehead atoms. The van der Waals surface area contributed by atoms with E-state index >= 15 is 0 Å². The highest BCUT2D eigenvalue weighted by molar-refractivity contribution is 8.07. The van der Waals surface area contributed by atoms with Gasteiger partial charge in [0, 0.05) is 0 Å². The zero-order valence-corrected chi connectivity index (χ0v) is 10.9. The Hall–Kier alpha value is 0.220. The van der Waals surface area contributed by atoms with Gasteiger partial charge in [0.2, 0.25) is 0 Å². The summed E-state index contributed by atoms with van der Waals surface area (Å²) in [4.78, 5) is 22.9. The van der Waals surface area contributed by atoms with Gasteiger partial charge in [0.15, 0.2) is 5.78 Å². The molecule has 0 amide bonds. The lowest BCUT2D eigenvalue weighted by Crippen LogP contribution is -2.21. The number of Topliss-reactive ketones (excluding diaryl/α,β-unsaturated/α-hetero) is 1. The summed E-state index contributed by atoms with van der Waals surface area (Å²) in [7, 11) is 0. The topological polar surface area (TPSA) is 34.1 Å². The number of fused-ring (bicyclic) bond motifs is 1. The molecule has 14 heavy (non-hydrogen) atoms. The summed E-state index contributed by atoms with van der Waals surface area (Å²) in [6.45, 7) is 3.82. The summed E-state index contributed by atoms with van der Waals surface area (Å²) in [6, 6.07) is 0. The molecule has 2 nitrogen and oxygen atoms in total. The SMILES string of the molecule is C[C@H]1Sc2sc(=O)sc2S[C@H](C)C1=O. The van der Waals surface area contributed by atoms with Crippen LogP contribution in [-0.4, -0.2) is 16.3 Å². The van der Waals surface area contributed by atoms with Crippen LogP contribution in [0.2, 0.25) is 0 Å². The molecule has 1 aliphatic rings. The summed E-state index contributed by atoms with van der Waals surface area (Å²) in [6.07, 6.45) is 0. The maximum absolute atomic E-state index is 11.7. The van der Waals surface area contributed by atoms with Crippen molar-refractivity contribution >= 4 is 52.0 Å². The van der Waals surface area contributed by atoms with Crippen LogP contribution in [0.25, 0.3) is 0 Å². The minimum Gasteiger partial charge on any atom is -0.297 e. The van der Waals surface area contributed by atoms with Gasteiger partial charge in [-0.1, -0.05) is 22.7 Å². The van der Waals surface area contributed by atoms with E-state index in [-0.39, 0.29) is 20.3 Å². The number of ketones is 1. The molecule has 0 saturated carbocycles. The average molecular weight is 264 g/mol. The number of hydrogen-bond acceptors (Lipinski definition) is 6. The molecule has 0 N–H and O–H groups in total. The maximum atomic E-state index is 11.7. The van der Waals surface area contributed by atoms with Gasteiger partial charge in [-0.2, -0.15) is 0 Å². The summed E-state index contributed by atoms with van der Waals surface area (Å²) in [5.74, 6) is 0.267. The fourth-order valence-electron chi connectivity index (χ4n) is 1.17. The van der Waals surface area contributed by atoms with Crippen molar-refractivity contribution in [2.75, 3.05) is 0 Å². The third kappa shape index (κ3) is 1.93. The molecule has 0 aliphatic carbocycles. The Labute approximate surface area is 98.1 Å². The van der Waals surface area contributed by atoms with E-state index in [4.69, 9.17) is 0 Å². The first kappa shape index (κ1) is 10.7. The van der Waals surface area contributed by atoms with Crippen LogP contribution in [0, 0.1) is 0 Å². The standard InChI is InChI=1S/C8H8O2S4/c1-3-5(9)4(2)12-7-6(11-3)13-8(10)14-7/h3-4H,1-2H3/t3-,4-/m1/s1. The fourth-order valence-corrected chi connectivity index (χ4v) is 6.96. The molecule has 2 rings (SSSR count). The van der Waals surface area contributed by atoms with E-state index in [1.54, 1.807) is 0 Å². The second-order valence-corrected chi connectivity index (χ2v) is 8.40. The van der Waals surface area contributed by atoms with Crippen LogP contribution in [0.1, 0.15) is 13.8 Å². The van der Waals surface area contributed by atoms with Gasteiger partial charge in [0.1, 0.15) is 0 Å². The summed E-state index contributed by atoms with van der Waals surface area (Å²) in [5, 5.41) is -0.0481. The normalized spacial score (nSPS) is 27.1. The number of hydrogen-bond donors (Lipinski definition) is 0. The largest absolute Gasteiger partial charge is 0.297 e. The smallest absolute Gasteiger partial charge is 0.289 e. The van der Waals surface area contributed by atoms with Crippen LogP contribution in [0.3, 0.4) is 0 Å². The van der Waals surface area contributed by atoms with Crippen molar-refractivity contribution in [1.82, 2.24) is 0 Å². The zero-order valence-electron chi connectivity index (χ0n) is 7.60. The van der Waals surface area contributed by atoms with Crippen LogP contribution in [0.4, 0.5) is 0 Å². The van der Waals surface area contributed by atoms with E-state index in [2.05, 4.69) is 0 Å². The molecule has 0 spiro atoms. The first-order valence-electron chi connectivity index (χ1n) is 4.09. The molecule has 6 heteroatoms. The maximum Gasteiger partial charge on any atom is 0.289 e. The highest BCUT2D eigenvalue weighted by Crippen LogP contribution is 2.44. The Bertz CT molecular complexity index is 385. The second-order valence-electron chi connectivity index (χ2n) is 2.95. The lowest BCUT2D eigenvalue weighted by molar-refractivity contribution is -0.117. The van der Waals surface area contributed by atoms with E-state index in [0.29, 0.717) is 0 Å². The predicted octanol–water partition coefficient (Wildman–Crippen LogP) is 2.71. The first-order valence-corrected chi connectivity index (χ1v) is 7.48. The van der Waals surface area contributed by atoms with Gasteiger partial charge in [-0.05, 0) is 13.8 Å². The Morgan fingerprint density at radius 2 is 1.36 bits per heavy atom. The summed E-state index contributed by atoms with van der Waals surface area (Å²) >= 11 is 5.58. The van der Waals surface area contributed by atoms with E-state index in [1.165, 1.54) is 46.2 Å². The molecule has 76 valence electrons. The van der Waals surface area contributed by atoms with Gasteiger partial charge in [0.25, 0.3) is 4.06 Å². The molecule has 0 fully saturated rings. The third-order valence-electron chi connectivity index (χ3n) is 1.89. The van der Waals surface area contributed by atoms with Gasteiger partial charge in [-0.25, -0.2) is 0 Å².